The second kappa shape index (κ2) is 9.28. The van der Waals surface area contributed by atoms with Gasteiger partial charge in [0.1, 0.15) is 0 Å². The van der Waals surface area contributed by atoms with Gasteiger partial charge in [-0.15, -0.1) is 0 Å². The van der Waals surface area contributed by atoms with Crippen LogP contribution in [0.4, 0.5) is 16.3 Å². The molecule has 1 aromatic carbocycles. The molecule has 0 atom stereocenters. The van der Waals surface area contributed by atoms with Crippen LogP contribution in [0.1, 0.15) is 47.8 Å². The molecule has 9 heteroatoms. The molecule has 6 rings (SSSR count). The summed E-state index contributed by atoms with van der Waals surface area (Å²) in [6.07, 6.45) is 6.87. The molecule has 0 spiro atoms. The molecule has 5 heterocycles. The Morgan fingerprint density at radius 1 is 1.17 bits per heavy atom. The quantitative estimate of drug-likeness (QED) is 0.607. The Balaban J connectivity index is 1.41. The van der Waals surface area contributed by atoms with Crippen molar-refractivity contribution in [2.24, 2.45) is 7.05 Å². The summed E-state index contributed by atoms with van der Waals surface area (Å²) in [7, 11) is 3.69. The van der Waals surface area contributed by atoms with E-state index in [2.05, 4.69) is 45.1 Å². The van der Waals surface area contributed by atoms with Crippen molar-refractivity contribution >= 4 is 17.5 Å². The first-order chi connectivity index (χ1) is 17.5. The molecule has 3 aromatic rings. The molecule has 0 bridgehead atoms. The van der Waals surface area contributed by atoms with Gasteiger partial charge in [-0.05, 0) is 55.9 Å². The van der Waals surface area contributed by atoms with E-state index < -0.39 is 0 Å². The first kappa shape index (κ1) is 23.1. The molecule has 1 saturated heterocycles. The fourth-order valence-corrected chi connectivity index (χ4v) is 5.98. The van der Waals surface area contributed by atoms with Crippen LogP contribution in [0.3, 0.4) is 0 Å². The van der Waals surface area contributed by atoms with E-state index in [0.29, 0.717) is 19.1 Å². The molecule has 1 fully saturated rings. The summed E-state index contributed by atoms with van der Waals surface area (Å²) < 4.78 is 9.84. The third kappa shape index (κ3) is 3.86. The molecule has 36 heavy (non-hydrogen) atoms. The van der Waals surface area contributed by atoms with Gasteiger partial charge in [0.15, 0.2) is 5.82 Å². The Morgan fingerprint density at radius 3 is 2.75 bits per heavy atom. The van der Waals surface area contributed by atoms with Crippen LogP contribution in [0.25, 0.3) is 11.1 Å². The standard InChI is InChI=1S/C27H35N7O2/c1-18-22(16-29-31(18)3)19-6-7-24-20(15-19)5-4-11-33(24)26-23-17-32(27(35)28-2)12-8-25(23)34(30-26)21-9-13-36-14-10-21/h6-7,15-16,21H,4-5,8-14,17H2,1-3H3,(H,28,35). The second-order valence-electron chi connectivity index (χ2n) is 10.1. The molecular formula is C27H35N7O2. The lowest BCUT2D eigenvalue weighted by Crippen LogP contribution is -2.42. The molecule has 3 aliphatic heterocycles. The van der Waals surface area contributed by atoms with Crippen LogP contribution in [0.5, 0.6) is 0 Å². The zero-order chi connectivity index (χ0) is 24.8. The highest BCUT2D eigenvalue weighted by Gasteiger charge is 2.33. The van der Waals surface area contributed by atoms with Crippen LogP contribution in [0.2, 0.25) is 0 Å². The number of nitrogens with zero attached hydrogens (tertiary/aromatic N) is 6. The van der Waals surface area contributed by atoms with Gasteiger partial charge in [-0.2, -0.15) is 10.2 Å². The van der Waals surface area contributed by atoms with Gasteiger partial charge in [-0.1, -0.05) is 6.07 Å². The lowest BCUT2D eigenvalue weighted by Gasteiger charge is -2.33. The average Bonchev–Trinajstić information content (AvgIpc) is 3.47. The van der Waals surface area contributed by atoms with Crippen LogP contribution in [-0.4, -0.2) is 63.8 Å². The second-order valence-corrected chi connectivity index (χ2v) is 10.1. The van der Waals surface area contributed by atoms with E-state index in [1.54, 1.807) is 7.05 Å². The maximum absolute atomic E-state index is 12.5. The largest absolute Gasteiger partial charge is 0.381 e. The van der Waals surface area contributed by atoms with Crippen LogP contribution in [-0.2, 0) is 31.2 Å². The number of hydrogen-bond donors (Lipinski definition) is 1. The number of amides is 2. The number of rotatable bonds is 3. The number of carbonyl (C=O) groups excluding carboxylic acids is 1. The number of nitrogens with one attached hydrogen (secondary N) is 1. The van der Waals surface area contributed by atoms with Gasteiger partial charge in [0.2, 0.25) is 0 Å². The number of benzene rings is 1. The number of aryl methyl sites for hydroxylation is 2. The van der Waals surface area contributed by atoms with Crippen molar-refractivity contribution in [1.82, 2.24) is 29.8 Å². The van der Waals surface area contributed by atoms with Crippen molar-refractivity contribution in [3.63, 3.8) is 0 Å². The summed E-state index contributed by atoms with van der Waals surface area (Å²) in [4.78, 5) is 16.8. The Morgan fingerprint density at radius 2 is 2.00 bits per heavy atom. The predicted octanol–water partition coefficient (Wildman–Crippen LogP) is 3.73. The number of anilines is 2. The van der Waals surface area contributed by atoms with E-state index in [1.165, 1.54) is 39.3 Å². The minimum atomic E-state index is -0.0269. The third-order valence-electron chi connectivity index (χ3n) is 8.10. The number of carbonyl (C=O) groups is 1. The Hall–Kier alpha value is -3.33. The molecule has 0 aliphatic carbocycles. The molecule has 9 nitrogen and oxygen atoms in total. The van der Waals surface area contributed by atoms with Gasteiger partial charge in [0, 0.05) is 75.0 Å². The van der Waals surface area contributed by atoms with Gasteiger partial charge in [-0.3, -0.25) is 9.36 Å². The molecule has 0 unspecified atom stereocenters. The number of aromatic nitrogens is 4. The molecule has 0 saturated carbocycles. The van der Waals surface area contributed by atoms with Gasteiger partial charge in [-0.25, -0.2) is 4.79 Å². The number of urea groups is 1. The van der Waals surface area contributed by atoms with E-state index >= 15 is 0 Å². The molecule has 2 amide bonds. The van der Waals surface area contributed by atoms with E-state index in [4.69, 9.17) is 9.84 Å². The first-order valence-corrected chi connectivity index (χ1v) is 13.1. The Labute approximate surface area is 212 Å². The van der Waals surface area contributed by atoms with Crippen molar-refractivity contribution < 1.29 is 9.53 Å². The van der Waals surface area contributed by atoms with Crippen molar-refractivity contribution in [2.75, 3.05) is 38.3 Å². The van der Waals surface area contributed by atoms with E-state index in [0.717, 1.165) is 57.7 Å². The van der Waals surface area contributed by atoms with Crippen LogP contribution in [0.15, 0.2) is 24.4 Å². The minimum absolute atomic E-state index is 0.0269. The molecule has 2 aromatic heterocycles. The maximum Gasteiger partial charge on any atom is 0.317 e. The summed E-state index contributed by atoms with van der Waals surface area (Å²) in [5, 5.41) is 12.5. The van der Waals surface area contributed by atoms with Crippen LogP contribution >= 0.6 is 0 Å². The normalized spacial score (nSPS) is 18.2. The summed E-state index contributed by atoms with van der Waals surface area (Å²) >= 11 is 0. The lowest BCUT2D eigenvalue weighted by molar-refractivity contribution is 0.0651. The van der Waals surface area contributed by atoms with E-state index in [9.17, 15) is 4.79 Å². The zero-order valence-electron chi connectivity index (χ0n) is 21.5. The molecular weight excluding hydrogens is 454 g/mol. The lowest BCUT2D eigenvalue weighted by atomic mass is 9.96. The predicted molar refractivity (Wildman–Crippen MR) is 139 cm³/mol. The summed E-state index contributed by atoms with van der Waals surface area (Å²) in [6.45, 7) is 5.90. The van der Waals surface area contributed by atoms with E-state index in [1.807, 2.05) is 22.8 Å². The van der Waals surface area contributed by atoms with Crippen molar-refractivity contribution in [2.45, 2.75) is 51.6 Å². The Bertz CT molecular complexity index is 1290. The number of fused-ring (bicyclic) bond motifs is 2. The third-order valence-corrected chi connectivity index (χ3v) is 8.10. The molecule has 0 radical (unpaired) electrons. The smallest absolute Gasteiger partial charge is 0.317 e. The fourth-order valence-electron chi connectivity index (χ4n) is 5.98. The van der Waals surface area contributed by atoms with Crippen LogP contribution in [0, 0.1) is 6.92 Å². The van der Waals surface area contributed by atoms with Gasteiger partial charge in [0.25, 0.3) is 0 Å². The minimum Gasteiger partial charge on any atom is -0.381 e. The fraction of sp³-hybridized carbons (Fsp3) is 0.519. The topological polar surface area (TPSA) is 80.5 Å². The summed E-state index contributed by atoms with van der Waals surface area (Å²) in [6, 6.07) is 7.11. The number of ether oxygens (including phenoxy) is 1. The number of hydrogen-bond acceptors (Lipinski definition) is 5. The van der Waals surface area contributed by atoms with E-state index in [-0.39, 0.29) is 6.03 Å². The zero-order valence-corrected chi connectivity index (χ0v) is 21.5. The summed E-state index contributed by atoms with van der Waals surface area (Å²) in [5.74, 6) is 1.01. The van der Waals surface area contributed by atoms with Crippen molar-refractivity contribution in [3.8, 4) is 11.1 Å². The van der Waals surface area contributed by atoms with Crippen molar-refractivity contribution in [1.29, 1.82) is 0 Å². The SMILES string of the molecule is CNC(=O)N1CCc2c(c(N3CCCc4cc(-c5cnn(C)c5C)ccc43)nn2C2CCOCC2)C1. The van der Waals surface area contributed by atoms with Crippen molar-refractivity contribution in [3.05, 3.63) is 46.9 Å². The van der Waals surface area contributed by atoms with Crippen LogP contribution < -0.4 is 10.2 Å². The Kier molecular flexibility index (Phi) is 5.95. The first-order valence-electron chi connectivity index (χ1n) is 13.1. The van der Waals surface area contributed by atoms with Gasteiger partial charge in [0.05, 0.1) is 18.8 Å². The molecule has 190 valence electrons. The monoisotopic (exact) mass is 489 g/mol. The average molecular weight is 490 g/mol. The highest BCUT2D eigenvalue weighted by Crippen LogP contribution is 2.40. The highest BCUT2D eigenvalue weighted by atomic mass is 16.5. The van der Waals surface area contributed by atoms with Gasteiger partial charge >= 0.3 is 6.03 Å². The maximum atomic E-state index is 12.5. The summed E-state index contributed by atoms with van der Waals surface area (Å²) in [5.41, 5.74) is 8.60. The molecule has 3 aliphatic rings. The van der Waals surface area contributed by atoms with Gasteiger partial charge < -0.3 is 19.9 Å². The highest BCUT2D eigenvalue weighted by molar-refractivity contribution is 5.77. The molecule has 1 N–H and O–H groups in total.